The molecule has 0 aliphatic heterocycles. The lowest BCUT2D eigenvalue weighted by molar-refractivity contribution is -0.151. The summed E-state index contributed by atoms with van der Waals surface area (Å²) >= 11 is 0. The predicted octanol–water partition coefficient (Wildman–Crippen LogP) is 3.83. The number of hydrogen-bond donors (Lipinski definition) is 4. The lowest BCUT2D eigenvalue weighted by Gasteiger charge is -2.26. The Morgan fingerprint density at radius 3 is 1.19 bits per heavy atom. The van der Waals surface area contributed by atoms with Gasteiger partial charge in [-0.3, -0.25) is 19.2 Å². The molecule has 0 saturated carbocycles. The van der Waals surface area contributed by atoms with Crippen LogP contribution in [0.3, 0.4) is 0 Å². The van der Waals surface area contributed by atoms with E-state index in [9.17, 15) is 39.6 Å². The van der Waals surface area contributed by atoms with Crippen LogP contribution in [0.4, 0.5) is 0 Å². The van der Waals surface area contributed by atoms with Crippen LogP contribution in [-0.2, 0) is 31.9 Å². The molecular weight excluding hydrogens is 680 g/mol. The van der Waals surface area contributed by atoms with Gasteiger partial charge in [-0.25, -0.2) is 0 Å². The van der Waals surface area contributed by atoms with E-state index in [0.29, 0.717) is 0 Å². The number of phenols is 2. The number of carbonyl (C=O) groups is 2. The summed E-state index contributed by atoms with van der Waals surface area (Å²) in [4.78, 5) is 53.0. The Hall–Kier alpha value is -5.34. The first kappa shape index (κ1) is 37.9. The second kappa shape index (κ2) is 14.7. The van der Waals surface area contributed by atoms with Crippen LogP contribution in [-0.4, -0.2) is 85.2 Å². The van der Waals surface area contributed by atoms with Crippen molar-refractivity contribution in [1.29, 1.82) is 0 Å². The smallest absolute Gasteiger partial charge is 0.308 e. The number of aliphatic hydroxyl groups is 2. The average Bonchev–Trinajstić information content (AvgIpc) is 3.04. The van der Waals surface area contributed by atoms with Gasteiger partial charge >= 0.3 is 11.9 Å². The molecule has 0 spiro atoms. The van der Waals surface area contributed by atoms with Crippen LogP contribution in [0.2, 0.25) is 0 Å². The molecule has 0 amide bonds. The monoisotopic (exact) mass is 722 g/mol. The van der Waals surface area contributed by atoms with Crippen molar-refractivity contribution in [3.63, 3.8) is 0 Å². The minimum Gasteiger partial charge on any atom is -0.504 e. The fourth-order valence-corrected chi connectivity index (χ4v) is 7.17. The van der Waals surface area contributed by atoms with E-state index in [1.54, 1.807) is 13.8 Å². The first-order chi connectivity index (χ1) is 24.6. The van der Waals surface area contributed by atoms with E-state index in [-0.39, 0.29) is 103 Å². The van der Waals surface area contributed by atoms with Gasteiger partial charge in [-0.05, 0) is 38.5 Å². The van der Waals surface area contributed by atoms with E-state index in [1.165, 1.54) is 54.4 Å². The van der Waals surface area contributed by atoms with Gasteiger partial charge in [0.15, 0.2) is 33.9 Å². The molecule has 4 unspecified atom stereocenters. The van der Waals surface area contributed by atoms with Crippen molar-refractivity contribution in [3.8, 4) is 34.5 Å². The molecule has 0 aliphatic rings. The normalized spacial score (nSPS) is 14.0. The summed E-state index contributed by atoms with van der Waals surface area (Å²) < 4.78 is 34.2. The highest BCUT2D eigenvalue weighted by molar-refractivity contribution is 6.38. The highest BCUT2D eigenvalue weighted by Gasteiger charge is 2.34. The van der Waals surface area contributed by atoms with Crippen molar-refractivity contribution in [2.45, 2.75) is 77.8 Å². The van der Waals surface area contributed by atoms with Crippen molar-refractivity contribution in [2.24, 2.45) is 0 Å². The molecule has 5 rings (SSSR count). The largest absolute Gasteiger partial charge is 0.504 e. The van der Waals surface area contributed by atoms with Gasteiger partial charge in [0.25, 0.3) is 0 Å². The first-order valence-corrected chi connectivity index (χ1v) is 16.6. The second-order valence-electron chi connectivity index (χ2n) is 13.0. The fraction of sp³-hybridized carbons (Fsp3) is 0.421. The molecule has 0 saturated heterocycles. The summed E-state index contributed by atoms with van der Waals surface area (Å²) in [5, 5.41) is 44.3. The molecule has 5 aromatic carbocycles. The summed E-state index contributed by atoms with van der Waals surface area (Å²) in [6.07, 6.45) is -4.45. The number of carbonyl (C=O) groups excluding carboxylic acids is 2. The van der Waals surface area contributed by atoms with E-state index in [0.717, 1.165) is 0 Å². The molecule has 52 heavy (non-hydrogen) atoms. The summed E-state index contributed by atoms with van der Waals surface area (Å²) in [6, 6.07) is 2.38. The van der Waals surface area contributed by atoms with E-state index in [2.05, 4.69) is 0 Å². The Balaban J connectivity index is 2.08. The molecule has 14 heteroatoms. The van der Waals surface area contributed by atoms with Crippen molar-refractivity contribution >= 4 is 55.0 Å². The predicted molar refractivity (Wildman–Crippen MR) is 192 cm³/mol. The highest BCUT2D eigenvalue weighted by atomic mass is 16.5. The maximum Gasteiger partial charge on any atom is 0.308 e. The van der Waals surface area contributed by atoms with E-state index >= 15 is 0 Å². The fourth-order valence-electron chi connectivity index (χ4n) is 7.17. The molecule has 5 aromatic rings. The summed E-state index contributed by atoms with van der Waals surface area (Å²) in [5.41, 5.74) is -0.729. The SMILES string of the molecule is COc1c(O)c2c(=O)cc(OC)c3c4c(OC)cc(=O)c5c(O)c(OC)c(CC(C)OC(=O)CC(C)O)c(c(c1CC(C)OC(=O)CC(C)O)c23)c54. The van der Waals surface area contributed by atoms with Gasteiger partial charge in [0.05, 0.1) is 64.3 Å². The number of phenolic OH excluding ortho intramolecular Hbond substituents is 2. The van der Waals surface area contributed by atoms with Crippen LogP contribution in [0, 0.1) is 0 Å². The number of fused-ring (bicyclic) bond motifs is 2. The maximum atomic E-state index is 13.9. The molecule has 0 fully saturated rings. The van der Waals surface area contributed by atoms with Gasteiger partial charge < -0.3 is 48.8 Å². The van der Waals surface area contributed by atoms with Crippen LogP contribution in [0.15, 0.2) is 21.7 Å². The minimum atomic E-state index is -0.963. The molecular formula is C38H42O14. The van der Waals surface area contributed by atoms with E-state index < -0.39 is 58.7 Å². The van der Waals surface area contributed by atoms with Gasteiger partial charge in [-0.1, -0.05) is 0 Å². The molecule has 0 radical (unpaired) electrons. The third-order valence-electron chi connectivity index (χ3n) is 8.99. The van der Waals surface area contributed by atoms with Crippen molar-refractivity contribution in [3.05, 3.63) is 43.7 Å². The Bertz CT molecular complexity index is 2130. The van der Waals surface area contributed by atoms with Gasteiger partial charge in [-0.15, -0.1) is 0 Å². The van der Waals surface area contributed by atoms with Crippen LogP contribution in [0.25, 0.3) is 43.1 Å². The molecule has 14 nitrogen and oxygen atoms in total. The van der Waals surface area contributed by atoms with Gasteiger partial charge in [-0.2, -0.15) is 0 Å². The lowest BCUT2D eigenvalue weighted by Crippen LogP contribution is -2.22. The molecule has 4 N–H and O–H groups in total. The number of hydrogen-bond acceptors (Lipinski definition) is 14. The topological polar surface area (TPSA) is 205 Å². The zero-order chi connectivity index (χ0) is 38.3. The second-order valence-corrected chi connectivity index (χ2v) is 13.0. The zero-order valence-corrected chi connectivity index (χ0v) is 30.2. The molecule has 278 valence electrons. The van der Waals surface area contributed by atoms with Gasteiger partial charge in [0.2, 0.25) is 0 Å². The van der Waals surface area contributed by atoms with Gasteiger partial charge in [0.1, 0.15) is 23.7 Å². The van der Waals surface area contributed by atoms with Crippen LogP contribution in [0.1, 0.15) is 51.7 Å². The molecule has 0 aromatic heterocycles. The standard InChI is InChI=1S/C38H42O14/c1-15(39)9-25(43)51-17(3)11-19-27-28-20(12-18(4)52-26(44)10-16(2)40)38(50-8)36(46)30-22(42)14-24(48-6)32(34(28)30)31-23(47-5)13-21(41)29(33(27)31)35(45)37(19)49-7/h13-18,39-40,45-46H,9-12H2,1-8H3. The van der Waals surface area contributed by atoms with Crippen LogP contribution in [0.5, 0.6) is 34.5 Å². The molecule has 0 heterocycles. The zero-order valence-electron chi connectivity index (χ0n) is 30.2. The molecule has 4 atom stereocenters. The van der Waals surface area contributed by atoms with Crippen LogP contribution >= 0.6 is 0 Å². The Morgan fingerprint density at radius 2 is 0.904 bits per heavy atom. The molecule has 0 bridgehead atoms. The van der Waals surface area contributed by atoms with E-state index in [1.807, 2.05) is 0 Å². The quantitative estimate of drug-likeness (QED) is 0.0731. The Kier molecular flexibility index (Phi) is 10.7. The summed E-state index contributed by atoms with van der Waals surface area (Å²) in [5.74, 6) is -2.45. The summed E-state index contributed by atoms with van der Waals surface area (Å²) in [7, 11) is 5.30. The Morgan fingerprint density at radius 1 is 0.558 bits per heavy atom. The maximum absolute atomic E-state index is 13.9. The number of ether oxygens (including phenoxy) is 6. The number of aliphatic hydroxyl groups excluding tert-OH is 2. The Labute approximate surface area is 297 Å². The highest BCUT2D eigenvalue weighted by Crippen LogP contribution is 2.55. The average molecular weight is 723 g/mol. The minimum absolute atomic E-state index is 0.0758. The lowest BCUT2D eigenvalue weighted by atomic mass is 9.81. The third-order valence-corrected chi connectivity index (χ3v) is 8.99. The number of aromatic hydroxyl groups is 2. The van der Waals surface area contributed by atoms with Gasteiger partial charge in [0, 0.05) is 57.6 Å². The van der Waals surface area contributed by atoms with Crippen molar-refractivity contribution < 1.29 is 58.4 Å². The first-order valence-electron chi connectivity index (χ1n) is 16.6. The summed E-state index contributed by atoms with van der Waals surface area (Å²) in [6.45, 7) is 6.09. The van der Waals surface area contributed by atoms with Crippen molar-refractivity contribution in [1.82, 2.24) is 0 Å². The number of methoxy groups -OCH3 is 4. The van der Waals surface area contributed by atoms with Crippen LogP contribution < -0.4 is 29.8 Å². The molecule has 0 aliphatic carbocycles. The van der Waals surface area contributed by atoms with Crippen molar-refractivity contribution in [2.75, 3.05) is 28.4 Å². The third kappa shape index (κ3) is 6.48. The number of rotatable bonds is 14. The van der Waals surface area contributed by atoms with E-state index in [4.69, 9.17) is 28.4 Å². The number of benzene rings is 5. The number of esters is 2.